The zero-order valence-electron chi connectivity index (χ0n) is 19.6. The van der Waals surface area contributed by atoms with E-state index in [0.29, 0.717) is 11.8 Å². The zero-order chi connectivity index (χ0) is 22.3. The Morgan fingerprint density at radius 3 is 2.03 bits per heavy atom. The highest BCUT2D eigenvalue weighted by Crippen LogP contribution is 2.41. The SMILES string of the molecule is C[C@@H](CC1CCC(CCC2CCC(c3ccc(C#N)c(F)c3)CC2)CC1)c1ccccc1. The normalized spacial score (nSPS) is 26.9. The molecule has 170 valence electrons. The second-order valence-corrected chi connectivity index (χ2v) is 10.6. The van der Waals surface area contributed by atoms with Gasteiger partial charge >= 0.3 is 0 Å². The highest BCUT2D eigenvalue weighted by molar-refractivity contribution is 5.35. The zero-order valence-corrected chi connectivity index (χ0v) is 19.6. The molecule has 2 aromatic carbocycles. The van der Waals surface area contributed by atoms with Crippen LogP contribution in [0.4, 0.5) is 4.39 Å². The molecule has 2 aliphatic rings. The molecule has 0 spiro atoms. The van der Waals surface area contributed by atoms with Gasteiger partial charge in [-0.1, -0.05) is 81.8 Å². The van der Waals surface area contributed by atoms with Crippen LogP contribution in [0.25, 0.3) is 0 Å². The van der Waals surface area contributed by atoms with Gasteiger partial charge in [-0.3, -0.25) is 0 Å². The Kier molecular flexibility index (Phi) is 8.01. The second kappa shape index (κ2) is 11.1. The van der Waals surface area contributed by atoms with Crippen molar-refractivity contribution in [2.45, 2.75) is 89.4 Å². The Labute approximate surface area is 194 Å². The first-order valence-electron chi connectivity index (χ1n) is 12.9. The van der Waals surface area contributed by atoms with Gasteiger partial charge in [0.25, 0.3) is 0 Å². The van der Waals surface area contributed by atoms with Crippen molar-refractivity contribution in [1.29, 1.82) is 5.26 Å². The summed E-state index contributed by atoms with van der Waals surface area (Å²) in [7, 11) is 0. The van der Waals surface area contributed by atoms with Crippen LogP contribution in [-0.2, 0) is 0 Å². The number of nitrogens with zero attached hydrogens (tertiary/aromatic N) is 1. The molecule has 1 nitrogen and oxygen atoms in total. The summed E-state index contributed by atoms with van der Waals surface area (Å²) in [4.78, 5) is 0. The minimum Gasteiger partial charge on any atom is -0.206 e. The minimum atomic E-state index is -0.360. The van der Waals surface area contributed by atoms with Gasteiger partial charge in [0.15, 0.2) is 0 Å². The van der Waals surface area contributed by atoms with E-state index in [1.165, 1.54) is 76.2 Å². The van der Waals surface area contributed by atoms with Crippen molar-refractivity contribution in [1.82, 2.24) is 0 Å². The largest absolute Gasteiger partial charge is 0.206 e. The van der Waals surface area contributed by atoms with Crippen LogP contribution in [0.15, 0.2) is 48.5 Å². The topological polar surface area (TPSA) is 23.8 Å². The van der Waals surface area contributed by atoms with Crippen molar-refractivity contribution in [3.05, 3.63) is 71.0 Å². The maximum Gasteiger partial charge on any atom is 0.141 e. The molecule has 0 unspecified atom stereocenters. The van der Waals surface area contributed by atoms with Crippen LogP contribution in [0, 0.1) is 34.9 Å². The summed E-state index contributed by atoms with van der Waals surface area (Å²) in [6.45, 7) is 2.39. The summed E-state index contributed by atoms with van der Waals surface area (Å²) < 4.78 is 14.0. The molecule has 0 amide bonds. The third-order valence-corrected chi connectivity index (χ3v) is 8.44. The van der Waals surface area contributed by atoms with Crippen LogP contribution >= 0.6 is 0 Å². The van der Waals surface area contributed by atoms with Gasteiger partial charge in [-0.05, 0) is 85.0 Å². The predicted octanol–water partition coefficient (Wildman–Crippen LogP) is 8.75. The average molecular weight is 432 g/mol. The molecule has 2 aliphatic carbocycles. The van der Waals surface area contributed by atoms with E-state index in [1.807, 2.05) is 12.1 Å². The first-order chi connectivity index (χ1) is 15.6. The van der Waals surface area contributed by atoms with Gasteiger partial charge in [-0.25, -0.2) is 4.39 Å². The fraction of sp³-hybridized carbons (Fsp3) is 0.567. The molecule has 0 N–H and O–H groups in total. The van der Waals surface area contributed by atoms with Crippen molar-refractivity contribution in [2.75, 3.05) is 0 Å². The fourth-order valence-electron chi connectivity index (χ4n) is 6.31. The summed E-state index contributed by atoms with van der Waals surface area (Å²) in [5, 5.41) is 8.93. The summed E-state index contributed by atoms with van der Waals surface area (Å²) in [5.41, 5.74) is 2.74. The lowest BCUT2D eigenvalue weighted by atomic mass is 9.73. The van der Waals surface area contributed by atoms with Gasteiger partial charge in [-0.2, -0.15) is 5.26 Å². The van der Waals surface area contributed by atoms with Crippen molar-refractivity contribution >= 4 is 0 Å². The summed E-state index contributed by atoms with van der Waals surface area (Å²) in [5.74, 6) is 3.48. The first kappa shape index (κ1) is 23.0. The van der Waals surface area contributed by atoms with E-state index in [-0.39, 0.29) is 11.4 Å². The van der Waals surface area contributed by atoms with Gasteiger partial charge in [0.2, 0.25) is 0 Å². The molecule has 0 bridgehead atoms. The molecule has 2 saturated carbocycles. The molecular weight excluding hydrogens is 393 g/mol. The summed E-state index contributed by atoms with van der Waals surface area (Å²) in [6, 6.07) is 18.1. The lowest BCUT2D eigenvalue weighted by molar-refractivity contribution is 0.220. The molecule has 2 fully saturated rings. The van der Waals surface area contributed by atoms with Gasteiger partial charge < -0.3 is 0 Å². The maximum atomic E-state index is 14.0. The molecular formula is C30H38FN. The summed E-state index contributed by atoms with van der Waals surface area (Å²) >= 11 is 0. The van der Waals surface area contributed by atoms with Crippen molar-refractivity contribution < 1.29 is 4.39 Å². The molecule has 1 atom stereocenters. The average Bonchev–Trinajstić information content (AvgIpc) is 2.84. The fourth-order valence-corrected chi connectivity index (χ4v) is 6.31. The second-order valence-electron chi connectivity index (χ2n) is 10.6. The van der Waals surface area contributed by atoms with Crippen LogP contribution in [0.2, 0.25) is 0 Å². The van der Waals surface area contributed by atoms with E-state index in [9.17, 15) is 4.39 Å². The highest BCUT2D eigenvalue weighted by Gasteiger charge is 2.26. The molecule has 4 rings (SSSR count). The smallest absolute Gasteiger partial charge is 0.141 e. The summed E-state index contributed by atoms with van der Waals surface area (Å²) in [6.07, 6.45) is 14.7. The van der Waals surface area contributed by atoms with E-state index < -0.39 is 0 Å². The standard InChI is InChI=1S/C30H38FN/c1-22(26-5-3-2-4-6-26)19-25-11-9-23(10-12-25)7-8-24-13-15-27(16-14-24)28-17-18-29(21-32)30(31)20-28/h2-6,17-18,20,22-25,27H,7-16,19H2,1H3/t22-,23?,24?,25?,27?/m0/s1. The third kappa shape index (κ3) is 6.00. The van der Waals surface area contributed by atoms with E-state index >= 15 is 0 Å². The number of rotatable bonds is 7. The number of hydrogen-bond donors (Lipinski definition) is 0. The Morgan fingerprint density at radius 2 is 1.44 bits per heavy atom. The number of nitriles is 1. The van der Waals surface area contributed by atoms with E-state index in [0.717, 1.165) is 23.3 Å². The number of halogens is 1. The molecule has 0 saturated heterocycles. The van der Waals surface area contributed by atoms with Gasteiger partial charge in [0, 0.05) is 0 Å². The highest BCUT2D eigenvalue weighted by atomic mass is 19.1. The van der Waals surface area contributed by atoms with E-state index in [4.69, 9.17) is 5.26 Å². The molecule has 0 radical (unpaired) electrons. The van der Waals surface area contributed by atoms with Crippen LogP contribution < -0.4 is 0 Å². The molecule has 32 heavy (non-hydrogen) atoms. The van der Waals surface area contributed by atoms with Crippen molar-refractivity contribution in [3.63, 3.8) is 0 Å². The van der Waals surface area contributed by atoms with Crippen LogP contribution in [0.5, 0.6) is 0 Å². The Bertz CT molecular complexity index is 883. The molecule has 0 aromatic heterocycles. The molecule has 0 heterocycles. The Balaban J connectivity index is 1.15. The van der Waals surface area contributed by atoms with Crippen LogP contribution in [-0.4, -0.2) is 0 Å². The predicted molar refractivity (Wildman–Crippen MR) is 130 cm³/mol. The molecule has 2 heteroatoms. The molecule has 0 aliphatic heterocycles. The van der Waals surface area contributed by atoms with Crippen LogP contribution in [0.3, 0.4) is 0 Å². The number of benzene rings is 2. The quantitative estimate of drug-likeness (QED) is 0.430. The van der Waals surface area contributed by atoms with Gasteiger partial charge in [0.05, 0.1) is 5.56 Å². The Hall–Kier alpha value is -2.14. The van der Waals surface area contributed by atoms with Crippen LogP contribution in [0.1, 0.15) is 106 Å². The molecule has 2 aromatic rings. The van der Waals surface area contributed by atoms with Crippen molar-refractivity contribution in [2.24, 2.45) is 17.8 Å². The monoisotopic (exact) mass is 431 g/mol. The Morgan fingerprint density at radius 1 is 0.844 bits per heavy atom. The lowest BCUT2D eigenvalue weighted by Gasteiger charge is -2.33. The van der Waals surface area contributed by atoms with Gasteiger partial charge in [0.1, 0.15) is 11.9 Å². The first-order valence-corrected chi connectivity index (χ1v) is 12.9. The number of hydrogen-bond acceptors (Lipinski definition) is 1. The van der Waals surface area contributed by atoms with Gasteiger partial charge in [-0.15, -0.1) is 0 Å². The third-order valence-electron chi connectivity index (χ3n) is 8.44. The van der Waals surface area contributed by atoms with Crippen molar-refractivity contribution in [3.8, 4) is 6.07 Å². The maximum absolute atomic E-state index is 14.0. The minimum absolute atomic E-state index is 0.159. The van der Waals surface area contributed by atoms with E-state index in [2.05, 4.69) is 37.3 Å². The lowest BCUT2D eigenvalue weighted by Crippen LogP contribution is -2.18. The van der Waals surface area contributed by atoms with E-state index in [1.54, 1.807) is 12.1 Å².